The molecule has 4 N–H and O–H groups in total. The SMILES string of the molecule is COC(=O)c1cc(N)ccc1-c1ccc(N)cc1COC=O. The van der Waals surface area contributed by atoms with Gasteiger partial charge in [-0.15, -0.1) is 0 Å². The van der Waals surface area contributed by atoms with Crippen molar-refractivity contribution in [2.75, 3.05) is 18.6 Å². The molecule has 0 saturated heterocycles. The highest BCUT2D eigenvalue weighted by Crippen LogP contribution is 2.31. The van der Waals surface area contributed by atoms with Crippen LogP contribution in [0.15, 0.2) is 36.4 Å². The van der Waals surface area contributed by atoms with E-state index in [1.807, 2.05) is 0 Å². The summed E-state index contributed by atoms with van der Waals surface area (Å²) in [5, 5.41) is 0. The molecule has 0 bridgehead atoms. The molecule has 0 fully saturated rings. The minimum atomic E-state index is -0.499. The van der Waals surface area contributed by atoms with Crippen molar-refractivity contribution in [2.24, 2.45) is 0 Å². The van der Waals surface area contributed by atoms with Gasteiger partial charge in [-0.1, -0.05) is 12.1 Å². The molecule has 0 unspecified atom stereocenters. The number of nitrogens with two attached hydrogens (primary N) is 2. The standard InChI is InChI=1S/C16H16N2O4/c1-21-16(20)15-7-12(18)3-5-14(15)13-4-2-11(17)6-10(13)8-22-9-19/h2-7,9H,8,17-18H2,1H3. The number of methoxy groups -OCH3 is 1. The normalized spacial score (nSPS) is 10.0. The first-order chi connectivity index (χ1) is 10.6. The van der Waals surface area contributed by atoms with Crippen molar-refractivity contribution in [3.05, 3.63) is 47.5 Å². The quantitative estimate of drug-likeness (QED) is 0.497. The van der Waals surface area contributed by atoms with Gasteiger partial charge in [0.25, 0.3) is 6.47 Å². The second-order valence-corrected chi connectivity index (χ2v) is 4.62. The van der Waals surface area contributed by atoms with Gasteiger partial charge < -0.3 is 20.9 Å². The molecule has 114 valence electrons. The summed E-state index contributed by atoms with van der Waals surface area (Å²) in [6.45, 7) is 0.409. The van der Waals surface area contributed by atoms with Gasteiger partial charge in [0.05, 0.1) is 12.7 Å². The Morgan fingerprint density at radius 1 is 1.09 bits per heavy atom. The van der Waals surface area contributed by atoms with Crippen molar-refractivity contribution in [1.29, 1.82) is 0 Å². The molecule has 0 aliphatic rings. The fraction of sp³-hybridized carbons (Fsp3) is 0.125. The highest BCUT2D eigenvalue weighted by Gasteiger charge is 2.16. The predicted molar refractivity (Wildman–Crippen MR) is 82.9 cm³/mol. The summed E-state index contributed by atoms with van der Waals surface area (Å²) in [7, 11) is 1.30. The van der Waals surface area contributed by atoms with Crippen LogP contribution < -0.4 is 11.5 Å². The predicted octanol–water partition coefficient (Wildman–Crippen LogP) is 1.98. The third-order valence-corrected chi connectivity index (χ3v) is 3.18. The van der Waals surface area contributed by atoms with E-state index in [1.165, 1.54) is 7.11 Å². The lowest BCUT2D eigenvalue weighted by atomic mass is 9.94. The van der Waals surface area contributed by atoms with Crippen LogP contribution in [0.25, 0.3) is 11.1 Å². The zero-order valence-corrected chi connectivity index (χ0v) is 12.0. The lowest BCUT2D eigenvalue weighted by Crippen LogP contribution is -2.06. The molecule has 0 aliphatic heterocycles. The van der Waals surface area contributed by atoms with E-state index in [-0.39, 0.29) is 6.61 Å². The number of rotatable bonds is 5. The molecule has 0 spiro atoms. The van der Waals surface area contributed by atoms with Gasteiger partial charge >= 0.3 is 5.97 Å². The Hall–Kier alpha value is -3.02. The Morgan fingerprint density at radius 3 is 2.36 bits per heavy atom. The molecule has 0 saturated carbocycles. The zero-order chi connectivity index (χ0) is 16.1. The maximum Gasteiger partial charge on any atom is 0.338 e. The van der Waals surface area contributed by atoms with Gasteiger partial charge in [-0.05, 0) is 41.0 Å². The first-order valence-electron chi connectivity index (χ1n) is 6.48. The molecule has 2 aromatic rings. The molecule has 6 heteroatoms. The minimum Gasteiger partial charge on any atom is -0.465 e. The van der Waals surface area contributed by atoms with Crippen LogP contribution in [-0.4, -0.2) is 19.6 Å². The van der Waals surface area contributed by atoms with Gasteiger partial charge in [-0.2, -0.15) is 0 Å². The smallest absolute Gasteiger partial charge is 0.338 e. The van der Waals surface area contributed by atoms with Crippen molar-refractivity contribution >= 4 is 23.8 Å². The molecule has 22 heavy (non-hydrogen) atoms. The largest absolute Gasteiger partial charge is 0.465 e. The first-order valence-corrected chi connectivity index (χ1v) is 6.48. The first kappa shape index (κ1) is 15.4. The number of esters is 1. The van der Waals surface area contributed by atoms with Crippen LogP contribution in [-0.2, 0) is 20.9 Å². The van der Waals surface area contributed by atoms with Crippen molar-refractivity contribution in [3.8, 4) is 11.1 Å². The number of anilines is 2. The molecule has 0 aromatic heterocycles. The number of carbonyl (C=O) groups excluding carboxylic acids is 2. The molecule has 6 nitrogen and oxygen atoms in total. The van der Waals surface area contributed by atoms with Crippen LogP contribution in [0.3, 0.4) is 0 Å². The van der Waals surface area contributed by atoms with Crippen LogP contribution in [0.4, 0.5) is 11.4 Å². The fourth-order valence-corrected chi connectivity index (χ4v) is 2.20. The second kappa shape index (κ2) is 6.62. The Labute approximate surface area is 127 Å². The van der Waals surface area contributed by atoms with Crippen LogP contribution >= 0.6 is 0 Å². The van der Waals surface area contributed by atoms with Crippen LogP contribution in [0, 0.1) is 0 Å². The summed E-state index contributed by atoms with van der Waals surface area (Å²) in [6, 6.07) is 10.1. The van der Waals surface area contributed by atoms with Crippen molar-refractivity contribution in [2.45, 2.75) is 6.61 Å². The number of hydrogen-bond donors (Lipinski definition) is 2. The van der Waals surface area contributed by atoms with Crippen LogP contribution in [0.2, 0.25) is 0 Å². The van der Waals surface area contributed by atoms with Crippen molar-refractivity contribution < 1.29 is 19.1 Å². The summed E-state index contributed by atoms with van der Waals surface area (Å²) < 4.78 is 9.60. The number of benzene rings is 2. The van der Waals surface area contributed by atoms with E-state index < -0.39 is 5.97 Å². The third-order valence-electron chi connectivity index (χ3n) is 3.18. The Bertz CT molecular complexity index is 713. The monoisotopic (exact) mass is 300 g/mol. The highest BCUT2D eigenvalue weighted by atomic mass is 16.5. The molecular formula is C16H16N2O4. The number of ether oxygens (including phenoxy) is 2. The molecule has 2 rings (SSSR count). The molecular weight excluding hydrogens is 284 g/mol. The van der Waals surface area contributed by atoms with E-state index in [9.17, 15) is 9.59 Å². The zero-order valence-electron chi connectivity index (χ0n) is 12.0. The summed E-state index contributed by atoms with van der Waals surface area (Å²) in [4.78, 5) is 22.4. The van der Waals surface area contributed by atoms with E-state index in [1.54, 1.807) is 36.4 Å². The highest BCUT2D eigenvalue weighted by molar-refractivity contribution is 5.98. The Kier molecular flexibility index (Phi) is 4.63. The Balaban J connectivity index is 2.60. The topological polar surface area (TPSA) is 105 Å². The van der Waals surface area contributed by atoms with E-state index in [0.717, 1.165) is 5.56 Å². The lowest BCUT2D eigenvalue weighted by Gasteiger charge is -2.14. The van der Waals surface area contributed by atoms with Gasteiger partial charge in [0.1, 0.15) is 6.61 Å². The number of hydrogen-bond acceptors (Lipinski definition) is 6. The van der Waals surface area contributed by atoms with Gasteiger partial charge in [-0.25, -0.2) is 4.79 Å². The van der Waals surface area contributed by atoms with Crippen LogP contribution in [0.1, 0.15) is 15.9 Å². The molecule has 0 amide bonds. The summed E-state index contributed by atoms with van der Waals surface area (Å²) >= 11 is 0. The average Bonchev–Trinajstić information content (AvgIpc) is 2.52. The van der Waals surface area contributed by atoms with Crippen molar-refractivity contribution in [1.82, 2.24) is 0 Å². The fourth-order valence-electron chi connectivity index (χ4n) is 2.20. The second-order valence-electron chi connectivity index (χ2n) is 4.62. The third kappa shape index (κ3) is 3.17. The van der Waals surface area contributed by atoms with E-state index in [2.05, 4.69) is 0 Å². The summed E-state index contributed by atoms with van der Waals surface area (Å²) in [5.41, 5.74) is 14.9. The maximum atomic E-state index is 12.0. The molecule has 0 heterocycles. The van der Waals surface area contributed by atoms with Gasteiger partial charge in [0, 0.05) is 11.4 Å². The Morgan fingerprint density at radius 2 is 1.73 bits per heavy atom. The molecule has 0 aliphatic carbocycles. The van der Waals surface area contributed by atoms with Crippen LogP contribution in [0.5, 0.6) is 0 Å². The van der Waals surface area contributed by atoms with E-state index in [4.69, 9.17) is 20.9 Å². The van der Waals surface area contributed by atoms with Gasteiger partial charge in [0.2, 0.25) is 0 Å². The summed E-state index contributed by atoms with van der Waals surface area (Å²) in [6.07, 6.45) is 0. The van der Waals surface area contributed by atoms with Crippen molar-refractivity contribution in [3.63, 3.8) is 0 Å². The lowest BCUT2D eigenvalue weighted by molar-refractivity contribution is -0.129. The van der Waals surface area contributed by atoms with E-state index in [0.29, 0.717) is 34.5 Å². The molecule has 0 radical (unpaired) electrons. The maximum absolute atomic E-state index is 12.0. The minimum absolute atomic E-state index is 0.0505. The average molecular weight is 300 g/mol. The summed E-state index contributed by atoms with van der Waals surface area (Å²) in [5.74, 6) is -0.499. The molecule has 2 aromatic carbocycles. The molecule has 0 atom stereocenters. The number of nitrogen functional groups attached to an aromatic ring is 2. The van der Waals surface area contributed by atoms with Gasteiger partial charge in [-0.3, -0.25) is 4.79 Å². The van der Waals surface area contributed by atoms with Gasteiger partial charge in [0.15, 0.2) is 0 Å². The van der Waals surface area contributed by atoms with E-state index >= 15 is 0 Å². The number of carbonyl (C=O) groups is 2.